The molecule has 2 N–H and O–H groups in total. The van der Waals surface area contributed by atoms with Crippen molar-refractivity contribution in [1.82, 2.24) is 0 Å². The fraction of sp³-hybridized carbons (Fsp3) is 0.133. The number of amides is 1. The van der Waals surface area contributed by atoms with E-state index in [1.54, 1.807) is 19.1 Å². The quantitative estimate of drug-likeness (QED) is 0.889. The Bertz CT molecular complexity index is 866. The number of anilines is 2. The summed E-state index contributed by atoms with van der Waals surface area (Å²) in [6, 6.07) is 10.5. The van der Waals surface area contributed by atoms with Crippen LogP contribution in [-0.4, -0.2) is 20.4 Å². The Morgan fingerprint density at radius 1 is 1.17 bits per heavy atom. The van der Waals surface area contributed by atoms with Gasteiger partial charge in [-0.15, -0.1) is 0 Å². The van der Waals surface area contributed by atoms with Gasteiger partial charge in [-0.1, -0.05) is 11.6 Å². The number of carbonyl (C=O) groups is 1. The van der Waals surface area contributed by atoms with Gasteiger partial charge in [0.2, 0.25) is 0 Å². The molecule has 3 rings (SSSR count). The fourth-order valence-electron chi connectivity index (χ4n) is 2.10. The molecule has 0 saturated carbocycles. The van der Waals surface area contributed by atoms with Crippen molar-refractivity contribution in [3.63, 3.8) is 0 Å². The number of nitrogens with one attached hydrogen (secondary N) is 2. The predicted molar refractivity (Wildman–Crippen MR) is 87.4 cm³/mol. The summed E-state index contributed by atoms with van der Waals surface area (Å²) in [7, 11) is -3.74. The molecule has 1 atom stereocenters. The van der Waals surface area contributed by atoms with Crippen LogP contribution in [0.5, 0.6) is 5.75 Å². The first-order valence-corrected chi connectivity index (χ1v) is 8.61. The van der Waals surface area contributed by atoms with E-state index in [9.17, 15) is 13.2 Å². The standard InChI is InChI=1S/C15H13ClN2O4S/c1-9-15(19)17-13-8-11(4-7-14(13)22-9)18-23(20,21)12-5-2-10(16)3-6-12/h2-9,18H,1H3,(H,17,19). The van der Waals surface area contributed by atoms with Crippen LogP contribution in [0.2, 0.25) is 5.02 Å². The van der Waals surface area contributed by atoms with Crippen LogP contribution in [-0.2, 0) is 14.8 Å². The van der Waals surface area contributed by atoms with Crippen molar-refractivity contribution in [2.75, 3.05) is 10.0 Å². The molecule has 0 spiro atoms. The van der Waals surface area contributed by atoms with Gasteiger partial charge in [-0.2, -0.15) is 0 Å². The van der Waals surface area contributed by atoms with E-state index in [0.29, 0.717) is 22.1 Å². The van der Waals surface area contributed by atoms with Crippen LogP contribution in [0, 0.1) is 0 Å². The maximum Gasteiger partial charge on any atom is 0.265 e. The Morgan fingerprint density at radius 3 is 2.57 bits per heavy atom. The number of halogens is 1. The first-order chi connectivity index (χ1) is 10.8. The maximum absolute atomic E-state index is 12.3. The minimum atomic E-state index is -3.74. The average Bonchev–Trinajstić information content (AvgIpc) is 2.49. The van der Waals surface area contributed by atoms with E-state index in [-0.39, 0.29) is 10.8 Å². The van der Waals surface area contributed by atoms with Crippen molar-refractivity contribution >= 4 is 38.9 Å². The number of hydrogen-bond acceptors (Lipinski definition) is 4. The van der Waals surface area contributed by atoms with Gasteiger partial charge in [0.25, 0.3) is 15.9 Å². The molecule has 23 heavy (non-hydrogen) atoms. The normalized spacial score (nSPS) is 17.0. The molecule has 1 unspecified atom stereocenters. The highest BCUT2D eigenvalue weighted by Crippen LogP contribution is 2.32. The van der Waals surface area contributed by atoms with Crippen molar-refractivity contribution in [2.24, 2.45) is 0 Å². The molecule has 2 aromatic carbocycles. The third-order valence-corrected chi connectivity index (χ3v) is 4.94. The van der Waals surface area contributed by atoms with E-state index in [4.69, 9.17) is 16.3 Å². The van der Waals surface area contributed by atoms with E-state index in [2.05, 4.69) is 10.0 Å². The largest absolute Gasteiger partial charge is 0.479 e. The van der Waals surface area contributed by atoms with E-state index >= 15 is 0 Å². The highest BCUT2D eigenvalue weighted by atomic mass is 35.5. The summed E-state index contributed by atoms with van der Waals surface area (Å²) in [4.78, 5) is 11.7. The summed E-state index contributed by atoms with van der Waals surface area (Å²) >= 11 is 5.76. The monoisotopic (exact) mass is 352 g/mol. The molecule has 6 nitrogen and oxygen atoms in total. The highest BCUT2D eigenvalue weighted by Gasteiger charge is 2.24. The molecular formula is C15H13ClN2O4S. The smallest absolute Gasteiger partial charge is 0.265 e. The third kappa shape index (κ3) is 3.25. The van der Waals surface area contributed by atoms with Gasteiger partial charge in [0.15, 0.2) is 6.10 Å². The van der Waals surface area contributed by atoms with E-state index in [1.165, 1.54) is 30.3 Å². The number of rotatable bonds is 3. The fourth-order valence-corrected chi connectivity index (χ4v) is 3.28. The summed E-state index contributed by atoms with van der Waals surface area (Å²) in [6.45, 7) is 1.63. The Morgan fingerprint density at radius 2 is 1.87 bits per heavy atom. The van der Waals surface area contributed by atoms with Gasteiger partial charge in [0.05, 0.1) is 16.3 Å². The second kappa shape index (κ2) is 5.75. The Balaban J connectivity index is 1.87. The predicted octanol–water partition coefficient (Wildman–Crippen LogP) is 2.86. The van der Waals surface area contributed by atoms with Crippen molar-refractivity contribution in [3.8, 4) is 5.75 Å². The number of ether oxygens (including phenoxy) is 1. The van der Waals surface area contributed by atoms with Crippen LogP contribution in [0.4, 0.5) is 11.4 Å². The molecule has 8 heteroatoms. The highest BCUT2D eigenvalue weighted by molar-refractivity contribution is 7.92. The first kappa shape index (κ1) is 15.6. The van der Waals surface area contributed by atoms with Gasteiger partial charge in [0.1, 0.15) is 5.75 Å². The number of sulfonamides is 1. The number of benzene rings is 2. The van der Waals surface area contributed by atoms with Crippen LogP contribution in [0.15, 0.2) is 47.4 Å². The second-order valence-corrected chi connectivity index (χ2v) is 7.14. The molecule has 0 radical (unpaired) electrons. The topological polar surface area (TPSA) is 84.5 Å². The molecule has 1 aliphatic rings. The molecule has 0 bridgehead atoms. The van der Waals surface area contributed by atoms with Crippen LogP contribution >= 0.6 is 11.6 Å². The molecule has 1 heterocycles. The zero-order valence-corrected chi connectivity index (χ0v) is 13.6. The van der Waals surface area contributed by atoms with Crippen LogP contribution in [0.3, 0.4) is 0 Å². The van der Waals surface area contributed by atoms with Crippen molar-refractivity contribution in [3.05, 3.63) is 47.5 Å². The van der Waals surface area contributed by atoms with Crippen molar-refractivity contribution < 1.29 is 17.9 Å². The molecule has 0 fully saturated rings. The zero-order chi connectivity index (χ0) is 16.6. The van der Waals surface area contributed by atoms with E-state index in [1.807, 2.05) is 0 Å². The van der Waals surface area contributed by atoms with Gasteiger partial charge < -0.3 is 10.1 Å². The maximum atomic E-state index is 12.3. The second-order valence-electron chi connectivity index (χ2n) is 5.02. The molecule has 2 aromatic rings. The third-order valence-electron chi connectivity index (χ3n) is 3.29. The lowest BCUT2D eigenvalue weighted by Gasteiger charge is -2.23. The first-order valence-electron chi connectivity index (χ1n) is 6.75. The molecule has 1 aliphatic heterocycles. The lowest BCUT2D eigenvalue weighted by Crippen LogP contribution is -2.34. The van der Waals surface area contributed by atoms with Gasteiger partial charge in [-0.05, 0) is 49.4 Å². The number of fused-ring (bicyclic) bond motifs is 1. The molecule has 0 aliphatic carbocycles. The van der Waals surface area contributed by atoms with Crippen LogP contribution in [0.25, 0.3) is 0 Å². The Labute approximate surface area is 138 Å². The zero-order valence-electron chi connectivity index (χ0n) is 12.0. The van der Waals surface area contributed by atoms with Crippen LogP contribution in [0.1, 0.15) is 6.92 Å². The SMILES string of the molecule is CC1Oc2ccc(NS(=O)(=O)c3ccc(Cl)cc3)cc2NC1=O. The lowest BCUT2D eigenvalue weighted by atomic mass is 10.2. The molecule has 0 aromatic heterocycles. The summed E-state index contributed by atoms with van der Waals surface area (Å²) in [5.41, 5.74) is 0.738. The van der Waals surface area contributed by atoms with Crippen molar-refractivity contribution in [1.29, 1.82) is 0 Å². The minimum Gasteiger partial charge on any atom is -0.479 e. The van der Waals surface area contributed by atoms with Gasteiger partial charge in [-0.3, -0.25) is 9.52 Å². The molecule has 120 valence electrons. The molecule has 0 saturated heterocycles. The van der Waals surface area contributed by atoms with Gasteiger partial charge in [-0.25, -0.2) is 8.42 Å². The number of hydrogen-bond donors (Lipinski definition) is 2. The summed E-state index contributed by atoms with van der Waals surface area (Å²) in [5.74, 6) is 0.210. The van der Waals surface area contributed by atoms with E-state index < -0.39 is 16.1 Å². The number of carbonyl (C=O) groups excluding carboxylic acids is 1. The van der Waals surface area contributed by atoms with Gasteiger partial charge >= 0.3 is 0 Å². The molecule has 1 amide bonds. The lowest BCUT2D eigenvalue weighted by molar-refractivity contribution is -0.122. The molecular weight excluding hydrogens is 340 g/mol. The summed E-state index contributed by atoms with van der Waals surface area (Å²) < 4.78 is 32.5. The van der Waals surface area contributed by atoms with E-state index in [0.717, 1.165) is 0 Å². The summed E-state index contributed by atoms with van der Waals surface area (Å²) in [5, 5.41) is 3.12. The minimum absolute atomic E-state index is 0.0912. The van der Waals surface area contributed by atoms with Gasteiger partial charge in [0, 0.05) is 5.02 Å². The Hall–Kier alpha value is -2.25. The summed E-state index contributed by atoms with van der Waals surface area (Å²) in [6.07, 6.45) is -0.584. The average molecular weight is 353 g/mol. The van der Waals surface area contributed by atoms with Crippen molar-refractivity contribution in [2.45, 2.75) is 17.9 Å². The van der Waals surface area contributed by atoms with Crippen LogP contribution < -0.4 is 14.8 Å². The Kier molecular flexibility index (Phi) is 3.91.